The maximum Gasteiger partial charge on any atom is 0.277 e. The van der Waals surface area contributed by atoms with E-state index >= 15 is 0 Å². The average Bonchev–Trinajstić information content (AvgIpc) is 3.18. The first-order valence-corrected chi connectivity index (χ1v) is 13.8. The van der Waals surface area contributed by atoms with Crippen molar-refractivity contribution in [2.24, 2.45) is 0 Å². The molecule has 1 saturated heterocycles. The second-order valence-electron chi connectivity index (χ2n) is 9.00. The van der Waals surface area contributed by atoms with Crippen LogP contribution < -0.4 is 10.3 Å². The van der Waals surface area contributed by atoms with E-state index in [1.807, 2.05) is 18.7 Å². The van der Waals surface area contributed by atoms with Gasteiger partial charge in [-0.2, -0.15) is 4.31 Å². The summed E-state index contributed by atoms with van der Waals surface area (Å²) < 4.78 is 35.8. The smallest absolute Gasteiger partial charge is 0.277 e. The van der Waals surface area contributed by atoms with E-state index in [1.54, 1.807) is 24.4 Å². The molecule has 2 aromatic heterocycles. The number of aliphatic hydroxyl groups excluding tert-OH is 1. The lowest BCUT2D eigenvalue weighted by Gasteiger charge is -2.35. The number of nitrogens with one attached hydrogen (secondary N) is 1. The summed E-state index contributed by atoms with van der Waals surface area (Å²) >= 11 is 0. The highest BCUT2D eigenvalue weighted by Gasteiger charge is 2.30. The minimum Gasteiger partial charge on any atom is -0.493 e. The lowest BCUT2D eigenvalue weighted by Crippen LogP contribution is -2.51. The number of piperazine rings is 1. The highest BCUT2D eigenvalue weighted by atomic mass is 32.2. The number of benzene rings is 1. The number of H-pyrrole nitrogens is 1. The van der Waals surface area contributed by atoms with E-state index in [2.05, 4.69) is 15.1 Å². The van der Waals surface area contributed by atoms with Crippen molar-refractivity contribution in [3.63, 3.8) is 0 Å². The van der Waals surface area contributed by atoms with Crippen molar-refractivity contribution in [3.8, 4) is 17.1 Å². The lowest BCUT2D eigenvalue weighted by atomic mass is 10.2. The SMILES string of the molecule is CCCOc1ccc(S(=O)(=O)N2CCN(C(C)O)CC2)cc1-c1nn2c(CCC)nc(C)c2c(=O)[nH]1. The molecule has 36 heavy (non-hydrogen) atoms. The molecule has 0 amide bonds. The predicted octanol–water partition coefficient (Wildman–Crippen LogP) is 1.78. The zero-order valence-corrected chi connectivity index (χ0v) is 22.0. The molecule has 0 radical (unpaired) electrons. The van der Waals surface area contributed by atoms with Crippen LogP contribution in [0.25, 0.3) is 16.9 Å². The molecule has 1 aromatic carbocycles. The van der Waals surface area contributed by atoms with E-state index in [0.29, 0.717) is 54.5 Å². The summed E-state index contributed by atoms with van der Waals surface area (Å²) in [7, 11) is -3.81. The van der Waals surface area contributed by atoms with Gasteiger partial charge in [0.15, 0.2) is 11.3 Å². The summed E-state index contributed by atoms with van der Waals surface area (Å²) in [6.45, 7) is 9.28. The van der Waals surface area contributed by atoms with Gasteiger partial charge in [0, 0.05) is 32.6 Å². The van der Waals surface area contributed by atoms with Crippen LogP contribution in [0.3, 0.4) is 0 Å². The third-order valence-electron chi connectivity index (χ3n) is 6.32. The molecule has 1 aliphatic rings. The molecule has 0 aliphatic carbocycles. The van der Waals surface area contributed by atoms with Crippen LogP contribution in [0.4, 0.5) is 0 Å². The zero-order chi connectivity index (χ0) is 26.0. The fourth-order valence-electron chi connectivity index (χ4n) is 4.40. The number of fused-ring (bicyclic) bond motifs is 1. The van der Waals surface area contributed by atoms with E-state index < -0.39 is 16.3 Å². The Morgan fingerprint density at radius 2 is 1.89 bits per heavy atom. The Bertz CT molecular complexity index is 1390. The number of rotatable bonds is 9. The number of hydrogen-bond donors (Lipinski definition) is 2. The van der Waals surface area contributed by atoms with Crippen molar-refractivity contribution in [2.75, 3.05) is 32.8 Å². The number of aromatic nitrogens is 4. The van der Waals surface area contributed by atoms with E-state index in [9.17, 15) is 18.3 Å². The van der Waals surface area contributed by atoms with Gasteiger partial charge in [0.25, 0.3) is 5.56 Å². The summed E-state index contributed by atoms with van der Waals surface area (Å²) in [4.78, 5) is 22.2. The molecule has 2 N–H and O–H groups in total. The standard InChI is InChI=1S/C24H34N6O5S/c1-5-7-21-25-16(3)22-24(32)26-23(27-30(21)22)19-15-18(8-9-20(19)35-14-6-2)36(33,34)29-12-10-28(11-13-29)17(4)31/h8-9,15,17,31H,5-7,10-14H2,1-4H3,(H,26,27,32). The number of imidazole rings is 1. The van der Waals surface area contributed by atoms with E-state index in [4.69, 9.17) is 4.74 Å². The Kier molecular flexibility index (Phi) is 7.79. The minimum absolute atomic E-state index is 0.0881. The fourth-order valence-corrected chi connectivity index (χ4v) is 5.85. The Balaban J connectivity index is 1.79. The van der Waals surface area contributed by atoms with Crippen LogP contribution in [0.15, 0.2) is 27.9 Å². The number of nitrogens with zero attached hydrogens (tertiary/aromatic N) is 5. The summed E-state index contributed by atoms with van der Waals surface area (Å²) in [5, 5.41) is 14.5. The number of aryl methyl sites for hydroxylation is 2. The topological polar surface area (TPSA) is 133 Å². The van der Waals surface area contributed by atoms with Gasteiger partial charge in [0.1, 0.15) is 17.8 Å². The van der Waals surface area contributed by atoms with Crippen molar-refractivity contribution in [2.45, 2.75) is 58.1 Å². The van der Waals surface area contributed by atoms with Gasteiger partial charge in [-0.25, -0.2) is 17.9 Å². The molecule has 1 unspecified atom stereocenters. The highest BCUT2D eigenvalue weighted by Crippen LogP contribution is 2.32. The van der Waals surface area contributed by atoms with Gasteiger partial charge in [0.2, 0.25) is 10.0 Å². The molecular formula is C24H34N6O5S. The van der Waals surface area contributed by atoms with Gasteiger partial charge < -0.3 is 14.8 Å². The summed E-state index contributed by atoms with van der Waals surface area (Å²) in [6.07, 6.45) is 1.62. The summed E-state index contributed by atoms with van der Waals surface area (Å²) in [5.74, 6) is 1.32. The van der Waals surface area contributed by atoms with Crippen molar-refractivity contribution in [3.05, 3.63) is 40.1 Å². The third-order valence-corrected chi connectivity index (χ3v) is 8.22. The molecule has 0 bridgehead atoms. The van der Waals surface area contributed by atoms with Crippen molar-refractivity contribution < 1.29 is 18.3 Å². The molecule has 0 spiro atoms. The first-order chi connectivity index (χ1) is 17.2. The molecule has 1 atom stereocenters. The average molecular weight is 519 g/mol. The lowest BCUT2D eigenvalue weighted by molar-refractivity contribution is -0.000179. The Morgan fingerprint density at radius 3 is 2.53 bits per heavy atom. The van der Waals surface area contributed by atoms with Crippen LogP contribution in [0.2, 0.25) is 0 Å². The van der Waals surface area contributed by atoms with E-state index in [-0.39, 0.29) is 29.4 Å². The monoisotopic (exact) mass is 518 g/mol. The van der Waals surface area contributed by atoms with Gasteiger partial charge >= 0.3 is 0 Å². The normalized spacial score (nSPS) is 16.5. The number of aromatic amines is 1. The Morgan fingerprint density at radius 1 is 1.17 bits per heavy atom. The number of ether oxygens (including phenoxy) is 1. The van der Waals surface area contributed by atoms with Gasteiger partial charge in [0.05, 0.1) is 22.8 Å². The van der Waals surface area contributed by atoms with Gasteiger partial charge in [-0.3, -0.25) is 9.69 Å². The maximum absolute atomic E-state index is 13.5. The van der Waals surface area contributed by atoms with Crippen LogP contribution in [0.5, 0.6) is 5.75 Å². The van der Waals surface area contributed by atoms with E-state index in [0.717, 1.165) is 12.8 Å². The number of sulfonamides is 1. The Hall–Kier alpha value is -2.80. The molecule has 1 aliphatic heterocycles. The molecule has 4 rings (SSSR count). The molecular weight excluding hydrogens is 484 g/mol. The molecule has 1 fully saturated rings. The largest absolute Gasteiger partial charge is 0.493 e. The molecule has 3 heterocycles. The van der Waals surface area contributed by atoms with Crippen LogP contribution in [-0.4, -0.2) is 81.3 Å². The Labute approximate surface area is 210 Å². The van der Waals surface area contributed by atoms with E-state index in [1.165, 1.54) is 16.4 Å². The fraction of sp³-hybridized carbons (Fsp3) is 0.542. The number of hydrogen-bond acceptors (Lipinski definition) is 8. The van der Waals surface area contributed by atoms with Gasteiger partial charge in [-0.15, -0.1) is 5.10 Å². The van der Waals surface area contributed by atoms with Crippen LogP contribution in [0, 0.1) is 6.92 Å². The minimum atomic E-state index is -3.81. The number of aliphatic hydroxyl groups is 1. The quantitative estimate of drug-likeness (QED) is 0.438. The second kappa shape index (κ2) is 10.7. The summed E-state index contributed by atoms with van der Waals surface area (Å²) in [5.41, 5.74) is 1.00. The first-order valence-electron chi connectivity index (χ1n) is 12.3. The van der Waals surface area contributed by atoms with Crippen LogP contribution >= 0.6 is 0 Å². The van der Waals surface area contributed by atoms with Crippen LogP contribution in [0.1, 0.15) is 45.1 Å². The zero-order valence-electron chi connectivity index (χ0n) is 21.2. The molecule has 0 saturated carbocycles. The molecule has 3 aromatic rings. The van der Waals surface area contributed by atoms with Gasteiger partial charge in [-0.05, 0) is 44.9 Å². The predicted molar refractivity (Wildman–Crippen MR) is 136 cm³/mol. The second-order valence-corrected chi connectivity index (χ2v) is 10.9. The van der Waals surface area contributed by atoms with Crippen molar-refractivity contribution in [1.82, 2.24) is 28.8 Å². The van der Waals surface area contributed by atoms with Crippen molar-refractivity contribution >= 4 is 15.5 Å². The summed E-state index contributed by atoms with van der Waals surface area (Å²) in [6, 6.07) is 4.64. The maximum atomic E-state index is 13.5. The first kappa shape index (κ1) is 26.3. The van der Waals surface area contributed by atoms with Crippen molar-refractivity contribution in [1.29, 1.82) is 0 Å². The molecule has 196 valence electrons. The van der Waals surface area contributed by atoms with Gasteiger partial charge in [-0.1, -0.05) is 13.8 Å². The highest BCUT2D eigenvalue weighted by molar-refractivity contribution is 7.89. The van der Waals surface area contributed by atoms with Crippen LogP contribution in [-0.2, 0) is 16.4 Å². The molecule has 12 heteroatoms. The molecule has 11 nitrogen and oxygen atoms in total. The third kappa shape index (κ3) is 5.03.